The molecule has 0 aromatic heterocycles. The van der Waals surface area contributed by atoms with E-state index in [4.69, 9.17) is 0 Å². The van der Waals surface area contributed by atoms with Crippen LogP contribution < -0.4 is 10.6 Å². The standard InChI is InChI=1S/C14H24N4O2/c19-13-10-17(9-7-16-13)14(20)12-2-1-8-18(12)11-3-5-15-6-4-11/h11-12,15H,1-10H2,(H,16,19). The highest BCUT2D eigenvalue weighted by Gasteiger charge is 2.38. The van der Waals surface area contributed by atoms with E-state index in [2.05, 4.69) is 15.5 Å². The minimum atomic E-state index is -0.0315. The predicted octanol–water partition coefficient (Wildman–Crippen LogP) is -0.839. The van der Waals surface area contributed by atoms with Crippen LogP contribution in [0.1, 0.15) is 25.7 Å². The Balaban J connectivity index is 1.64. The van der Waals surface area contributed by atoms with Crippen molar-refractivity contribution in [1.82, 2.24) is 20.4 Å². The summed E-state index contributed by atoms with van der Waals surface area (Å²) in [4.78, 5) is 28.3. The molecule has 112 valence electrons. The topological polar surface area (TPSA) is 64.7 Å². The van der Waals surface area contributed by atoms with Crippen molar-refractivity contribution < 1.29 is 9.59 Å². The Labute approximate surface area is 119 Å². The van der Waals surface area contributed by atoms with Gasteiger partial charge in [0.25, 0.3) is 0 Å². The van der Waals surface area contributed by atoms with E-state index in [-0.39, 0.29) is 24.4 Å². The molecule has 3 aliphatic heterocycles. The third-order valence-electron chi connectivity index (χ3n) is 4.71. The number of carbonyl (C=O) groups is 2. The van der Waals surface area contributed by atoms with Crippen LogP contribution in [0.3, 0.4) is 0 Å². The fraction of sp³-hybridized carbons (Fsp3) is 0.857. The molecule has 6 nitrogen and oxygen atoms in total. The number of hydrogen-bond donors (Lipinski definition) is 2. The van der Waals surface area contributed by atoms with Crippen LogP contribution in [0, 0.1) is 0 Å². The van der Waals surface area contributed by atoms with Gasteiger partial charge in [-0.2, -0.15) is 0 Å². The number of rotatable bonds is 2. The number of nitrogens with zero attached hydrogens (tertiary/aromatic N) is 2. The molecule has 0 aliphatic carbocycles. The molecule has 0 radical (unpaired) electrons. The summed E-state index contributed by atoms with van der Waals surface area (Å²) >= 11 is 0. The fourth-order valence-corrected chi connectivity index (χ4v) is 3.67. The van der Waals surface area contributed by atoms with E-state index in [9.17, 15) is 9.59 Å². The Bertz CT molecular complexity index is 381. The van der Waals surface area contributed by atoms with Crippen LogP contribution in [0.4, 0.5) is 0 Å². The van der Waals surface area contributed by atoms with Gasteiger partial charge < -0.3 is 15.5 Å². The summed E-state index contributed by atoms with van der Waals surface area (Å²) in [6.07, 6.45) is 4.30. The monoisotopic (exact) mass is 280 g/mol. The van der Waals surface area contributed by atoms with Gasteiger partial charge in [-0.1, -0.05) is 0 Å². The van der Waals surface area contributed by atoms with Gasteiger partial charge in [-0.05, 0) is 45.3 Å². The molecule has 0 bridgehead atoms. The number of likely N-dealkylation sites (tertiary alicyclic amines) is 1. The van der Waals surface area contributed by atoms with Crippen molar-refractivity contribution in [1.29, 1.82) is 0 Å². The minimum absolute atomic E-state index is 0.00370. The van der Waals surface area contributed by atoms with Crippen LogP contribution in [-0.2, 0) is 9.59 Å². The number of carbonyl (C=O) groups excluding carboxylic acids is 2. The molecule has 3 fully saturated rings. The van der Waals surface area contributed by atoms with Crippen LogP contribution in [-0.4, -0.2) is 73.0 Å². The molecule has 0 spiro atoms. The molecule has 3 heterocycles. The second-order valence-corrected chi connectivity index (χ2v) is 5.99. The van der Waals surface area contributed by atoms with Crippen LogP contribution in [0.25, 0.3) is 0 Å². The number of piperidine rings is 1. The molecule has 20 heavy (non-hydrogen) atoms. The molecule has 3 saturated heterocycles. The Kier molecular flexibility index (Phi) is 4.21. The molecule has 1 atom stereocenters. The van der Waals surface area contributed by atoms with Gasteiger partial charge >= 0.3 is 0 Å². The van der Waals surface area contributed by atoms with Crippen LogP contribution >= 0.6 is 0 Å². The first-order valence-corrected chi connectivity index (χ1v) is 7.77. The lowest BCUT2D eigenvalue weighted by atomic mass is 10.0. The molecule has 0 saturated carbocycles. The minimum Gasteiger partial charge on any atom is -0.353 e. The van der Waals surface area contributed by atoms with Gasteiger partial charge in [-0.25, -0.2) is 0 Å². The van der Waals surface area contributed by atoms with Crippen molar-refractivity contribution in [3.05, 3.63) is 0 Å². The van der Waals surface area contributed by atoms with Crippen molar-refractivity contribution >= 4 is 11.8 Å². The van der Waals surface area contributed by atoms with Gasteiger partial charge in [-0.3, -0.25) is 14.5 Å². The first kappa shape index (κ1) is 13.8. The molecular weight excluding hydrogens is 256 g/mol. The van der Waals surface area contributed by atoms with Crippen LogP contribution in [0.15, 0.2) is 0 Å². The first-order chi connectivity index (χ1) is 9.75. The van der Waals surface area contributed by atoms with Gasteiger partial charge in [0.15, 0.2) is 0 Å². The third-order valence-corrected chi connectivity index (χ3v) is 4.71. The fourth-order valence-electron chi connectivity index (χ4n) is 3.67. The first-order valence-electron chi connectivity index (χ1n) is 7.77. The van der Waals surface area contributed by atoms with Gasteiger partial charge in [0.05, 0.1) is 12.6 Å². The summed E-state index contributed by atoms with van der Waals surface area (Å²) in [6.45, 7) is 4.60. The third kappa shape index (κ3) is 2.81. The Morgan fingerprint density at radius 1 is 1.10 bits per heavy atom. The van der Waals surface area contributed by atoms with E-state index in [0.29, 0.717) is 19.1 Å². The second-order valence-electron chi connectivity index (χ2n) is 5.99. The molecule has 0 aromatic carbocycles. The van der Waals surface area contributed by atoms with Crippen molar-refractivity contribution in [3.8, 4) is 0 Å². The van der Waals surface area contributed by atoms with Crippen molar-refractivity contribution in [2.75, 3.05) is 39.3 Å². The largest absolute Gasteiger partial charge is 0.353 e. The average molecular weight is 280 g/mol. The van der Waals surface area contributed by atoms with Crippen LogP contribution in [0.2, 0.25) is 0 Å². The predicted molar refractivity (Wildman–Crippen MR) is 75.2 cm³/mol. The molecule has 0 aromatic rings. The Morgan fingerprint density at radius 2 is 1.90 bits per heavy atom. The summed E-state index contributed by atoms with van der Waals surface area (Å²) in [5.41, 5.74) is 0. The highest BCUT2D eigenvalue weighted by molar-refractivity contribution is 5.88. The number of piperazine rings is 1. The zero-order valence-corrected chi connectivity index (χ0v) is 11.9. The molecule has 1 unspecified atom stereocenters. The van der Waals surface area contributed by atoms with Gasteiger partial charge in [0, 0.05) is 19.1 Å². The van der Waals surface area contributed by atoms with E-state index in [1.165, 1.54) is 0 Å². The van der Waals surface area contributed by atoms with Crippen molar-refractivity contribution in [2.45, 2.75) is 37.8 Å². The molecule has 6 heteroatoms. The quantitative estimate of drug-likeness (QED) is 0.692. The smallest absolute Gasteiger partial charge is 0.240 e. The summed E-state index contributed by atoms with van der Waals surface area (Å²) in [5, 5.41) is 6.15. The van der Waals surface area contributed by atoms with E-state index in [1.807, 2.05) is 0 Å². The highest BCUT2D eigenvalue weighted by atomic mass is 16.2. The molecule has 3 aliphatic rings. The average Bonchev–Trinajstić information content (AvgIpc) is 2.97. The summed E-state index contributed by atoms with van der Waals surface area (Å²) in [5.74, 6) is 0.131. The summed E-state index contributed by atoms with van der Waals surface area (Å²) in [7, 11) is 0. The maximum absolute atomic E-state index is 12.7. The second kappa shape index (κ2) is 6.10. The Morgan fingerprint density at radius 3 is 2.65 bits per heavy atom. The molecule has 3 rings (SSSR count). The van der Waals surface area contributed by atoms with E-state index in [1.54, 1.807) is 4.90 Å². The van der Waals surface area contributed by atoms with Gasteiger partial charge in [-0.15, -0.1) is 0 Å². The lowest BCUT2D eigenvalue weighted by Gasteiger charge is -2.37. The summed E-state index contributed by atoms with van der Waals surface area (Å²) < 4.78 is 0. The maximum Gasteiger partial charge on any atom is 0.240 e. The van der Waals surface area contributed by atoms with Crippen molar-refractivity contribution in [2.24, 2.45) is 0 Å². The number of nitrogens with one attached hydrogen (secondary N) is 2. The lowest BCUT2D eigenvalue weighted by Crippen LogP contribution is -2.56. The summed E-state index contributed by atoms with van der Waals surface area (Å²) in [6, 6.07) is 0.537. The lowest BCUT2D eigenvalue weighted by molar-refractivity contribution is -0.142. The van der Waals surface area contributed by atoms with Gasteiger partial charge in [0.1, 0.15) is 0 Å². The Hall–Kier alpha value is -1.14. The molecule has 2 amide bonds. The SMILES string of the molecule is O=C1CN(C(=O)C2CCCN2C2CCNCC2)CCN1. The molecular formula is C14H24N4O2. The number of amides is 2. The highest BCUT2D eigenvalue weighted by Crippen LogP contribution is 2.25. The molecule has 2 N–H and O–H groups in total. The zero-order chi connectivity index (χ0) is 13.9. The zero-order valence-electron chi connectivity index (χ0n) is 11.9. The maximum atomic E-state index is 12.7. The number of hydrogen-bond acceptors (Lipinski definition) is 4. The normalized spacial score (nSPS) is 29.5. The van der Waals surface area contributed by atoms with E-state index in [0.717, 1.165) is 45.3 Å². The van der Waals surface area contributed by atoms with E-state index >= 15 is 0 Å². The van der Waals surface area contributed by atoms with Crippen LogP contribution in [0.5, 0.6) is 0 Å². The van der Waals surface area contributed by atoms with E-state index < -0.39 is 0 Å². The van der Waals surface area contributed by atoms with Crippen molar-refractivity contribution in [3.63, 3.8) is 0 Å². The van der Waals surface area contributed by atoms with Gasteiger partial charge in [0.2, 0.25) is 11.8 Å².